The molecule has 0 heterocycles. The molecule has 0 saturated carbocycles. The van der Waals surface area contributed by atoms with Crippen LogP contribution in [0.1, 0.15) is 0 Å². The van der Waals surface area contributed by atoms with Crippen LogP contribution in [-0.4, -0.2) is 20.4 Å². The van der Waals surface area contributed by atoms with Gasteiger partial charge in [0, 0.05) is 12.1 Å². The fraction of sp³-hybridized carbons (Fsp3) is 0.133. The Balaban J connectivity index is 2.07. The molecule has 0 N–H and O–H groups in total. The fourth-order valence-electron chi connectivity index (χ4n) is 1.62. The van der Waals surface area contributed by atoms with Crippen LogP contribution in [0.25, 0.3) is 0 Å². The summed E-state index contributed by atoms with van der Waals surface area (Å²) >= 11 is 0. The Morgan fingerprint density at radius 3 is 1.59 bits per heavy atom. The molecule has 116 valence electrons. The van der Waals surface area contributed by atoms with Crippen LogP contribution in [-0.2, 0) is 0 Å². The number of ether oxygens (including phenoxy) is 4. The third kappa shape index (κ3) is 3.63. The fourth-order valence-corrected chi connectivity index (χ4v) is 1.62. The van der Waals surface area contributed by atoms with Crippen molar-refractivity contribution in [3.05, 3.63) is 48.0 Å². The van der Waals surface area contributed by atoms with Gasteiger partial charge in [0.25, 0.3) is 0 Å². The summed E-state index contributed by atoms with van der Waals surface area (Å²) in [6.07, 6.45) is -1.07. The molecule has 2 rings (SSSR count). The number of carbonyl (C=O) groups excluding carboxylic acids is 1. The molecule has 0 amide bonds. The molecule has 7 heteroatoms. The van der Waals surface area contributed by atoms with Gasteiger partial charge in [-0.3, -0.25) is 0 Å². The maximum absolute atomic E-state index is 13.2. The van der Waals surface area contributed by atoms with E-state index in [-0.39, 0.29) is 23.0 Å². The third-order valence-corrected chi connectivity index (χ3v) is 2.65. The van der Waals surface area contributed by atoms with E-state index in [4.69, 9.17) is 18.9 Å². The molecule has 0 aliphatic rings. The molecule has 0 aliphatic carbocycles. The monoisotopic (exact) mass is 310 g/mol. The third-order valence-electron chi connectivity index (χ3n) is 2.65. The number of benzene rings is 2. The SMILES string of the molecule is COc1cc(OC(=O)Oc2ccc(F)c(OC)c2)ccc1F. The smallest absolute Gasteiger partial charge is 0.494 e. The van der Waals surface area contributed by atoms with Crippen LogP contribution in [0, 0.1) is 11.6 Å². The molecule has 2 aromatic rings. The van der Waals surface area contributed by atoms with Gasteiger partial charge < -0.3 is 18.9 Å². The minimum Gasteiger partial charge on any atom is -0.494 e. The first-order valence-electron chi connectivity index (χ1n) is 6.10. The second-order valence-corrected chi connectivity index (χ2v) is 4.05. The molecule has 0 radical (unpaired) electrons. The number of halogens is 2. The van der Waals surface area contributed by atoms with E-state index < -0.39 is 17.8 Å². The minimum absolute atomic E-state index is 0.0392. The predicted molar refractivity (Wildman–Crippen MR) is 72.6 cm³/mol. The van der Waals surface area contributed by atoms with Gasteiger partial charge in [0.15, 0.2) is 23.1 Å². The van der Waals surface area contributed by atoms with Gasteiger partial charge in [0.1, 0.15) is 11.5 Å². The van der Waals surface area contributed by atoms with Crippen molar-refractivity contribution in [1.29, 1.82) is 0 Å². The van der Waals surface area contributed by atoms with E-state index in [1.165, 1.54) is 38.5 Å². The number of rotatable bonds is 4. The van der Waals surface area contributed by atoms with E-state index >= 15 is 0 Å². The lowest BCUT2D eigenvalue weighted by Crippen LogP contribution is -2.14. The summed E-state index contributed by atoms with van der Waals surface area (Å²) in [4.78, 5) is 11.6. The molecule has 22 heavy (non-hydrogen) atoms. The lowest BCUT2D eigenvalue weighted by molar-refractivity contribution is 0.151. The summed E-state index contributed by atoms with van der Waals surface area (Å²) in [5.41, 5.74) is 0. The summed E-state index contributed by atoms with van der Waals surface area (Å²) in [6, 6.07) is 7.04. The van der Waals surface area contributed by atoms with E-state index in [1.807, 2.05) is 0 Å². The minimum atomic E-state index is -1.07. The zero-order valence-corrected chi connectivity index (χ0v) is 11.8. The Morgan fingerprint density at radius 1 is 0.818 bits per heavy atom. The molecule has 0 bridgehead atoms. The van der Waals surface area contributed by atoms with E-state index in [2.05, 4.69) is 0 Å². The van der Waals surface area contributed by atoms with Crippen LogP contribution in [0.2, 0.25) is 0 Å². The normalized spacial score (nSPS) is 10.0. The first-order valence-corrected chi connectivity index (χ1v) is 6.10. The average Bonchev–Trinajstić information content (AvgIpc) is 2.51. The molecule has 2 aromatic carbocycles. The highest BCUT2D eigenvalue weighted by Crippen LogP contribution is 2.25. The summed E-state index contributed by atoms with van der Waals surface area (Å²) in [6.45, 7) is 0. The van der Waals surface area contributed by atoms with Crippen LogP contribution in [0.15, 0.2) is 36.4 Å². The Kier molecular flexibility index (Phi) is 4.77. The second-order valence-electron chi connectivity index (χ2n) is 4.05. The molecule has 0 unspecified atom stereocenters. The van der Waals surface area contributed by atoms with Crippen molar-refractivity contribution < 1.29 is 32.5 Å². The highest BCUT2D eigenvalue weighted by molar-refractivity contribution is 5.67. The maximum atomic E-state index is 13.2. The topological polar surface area (TPSA) is 54.0 Å². The molecule has 0 aliphatic heterocycles. The lowest BCUT2D eigenvalue weighted by Gasteiger charge is -2.08. The quantitative estimate of drug-likeness (QED) is 0.638. The standard InChI is InChI=1S/C15H12F2O5/c1-19-13-7-9(3-5-11(13)16)21-15(18)22-10-4-6-12(17)14(8-10)20-2/h3-8H,1-2H3. The molecule has 0 aromatic heterocycles. The summed E-state index contributed by atoms with van der Waals surface area (Å²) < 4.78 is 45.7. The zero-order valence-electron chi connectivity index (χ0n) is 11.8. The Morgan fingerprint density at radius 2 is 1.23 bits per heavy atom. The first-order chi connectivity index (χ1) is 10.5. The molecule has 0 fully saturated rings. The molecular weight excluding hydrogens is 298 g/mol. The molecule has 5 nitrogen and oxygen atoms in total. The van der Waals surface area contributed by atoms with E-state index in [0.29, 0.717) is 0 Å². The average molecular weight is 310 g/mol. The van der Waals surface area contributed by atoms with Crippen LogP contribution < -0.4 is 18.9 Å². The molecule has 0 spiro atoms. The van der Waals surface area contributed by atoms with Gasteiger partial charge >= 0.3 is 6.16 Å². The van der Waals surface area contributed by atoms with Crippen LogP contribution >= 0.6 is 0 Å². The molecule has 0 saturated heterocycles. The largest absolute Gasteiger partial charge is 0.519 e. The Labute approximate surface area is 125 Å². The van der Waals surface area contributed by atoms with E-state index in [9.17, 15) is 13.6 Å². The van der Waals surface area contributed by atoms with Crippen LogP contribution in [0.5, 0.6) is 23.0 Å². The van der Waals surface area contributed by atoms with Crippen molar-refractivity contribution in [1.82, 2.24) is 0 Å². The maximum Gasteiger partial charge on any atom is 0.519 e. The number of carbonyl (C=O) groups is 1. The summed E-state index contributed by atoms with van der Waals surface area (Å²) in [5, 5.41) is 0. The van der Waals surface area contributed by atoms with Gasteiger partial charge in [-0.15, -0.1) is 0 Å². The number of methoxy groups -OCH3 is 2. The molecule has 0 atom stereocenters. The van der Waals surface area contributed by atoms with Gasteiger partial charge in [-0.2, -0.15) is 0 Å². The highest BCUT2D eigenvalue weighted by Gasteiger charge is 2.12. The number of hydrogen-bond donors (Lipinski definition) is 0. The summed E-state index contributed by atoms with van der Waals surface area (Å²) in [7, 11) is 2.57. The first kappa shape index (κ1) is 15.6. The zero-order chi connectivity index (χ0) is 16.1. The summed E-state index contributed by atoms with van der Waals surface area (Å²) in [5.74, 6) is -1.25. The van der Waals surface area contributed by atoms with Gasteiger partial charge in [0.05, 0.1) is 14.2 Å². The Bertz CT molecular complexity index is 630. The second kappa shape index (κ2) is 6.75. The van der Waals surface area contributed by atoms with E-state index in [1.54, 1.807) is 0 Å². The van der Waals surface area contributed by atoms with Gasteiger partial charge in [-0.05, 0) is 24.3 Å². The highest BCUT2D eigenvalue weighted by atomic mass is 19.1. The van der Waals surface area contributed by atoms with Crippen molar-refractivity contribution in [2.24, 2.45) is 0 Å². The van der Waals surface area contributed by atoms with Crippen LogP contribution in [0.4, 0.5) is 13.6 Å². The van der Waals surface area contributed by atoms with Crippen molar-refractivity contribution in [3.8, 4) is 23.0 Å². The van der Waals surface area contributed by atoms with Crippen molar-refractivity contribution in [3.63, 3.8) is 0 Å². The lowest BCUT2D eigenvalue weighted by atomic mass is 10.3. The molecular formula is C15H12F2O5. The van der Waals surface area contributed by atoms with Crippen LogP contribution in [0.3, 0.4) is 0 Å². The predicted octanol–water partition coefficient (Wildman–Crippen LogP) is 3.56. The van der Waals surface area contributed by atoms with E-state index in [0.717, 1.165) is 12.1 Å². The van der Waals surface area contributed by atoms with Gasteiger partial charge in [0.2, 0.25) is 0 Å². The van der Waals surface area contributed by atoms with Gasteiger partial charge in [-0.1, -0.05) is 0 Å². The van der Waals surface area contributed by atoms with Crippen molar-refractivity contribution in [2.75, 3.05) is 14.2 Å². The number of hydrogen-bond acceptors (Lipinski definition) is 5. The van der Waals surface area contributed by atoms with Crippen molar-refractivity contribution >= 4 is 6.16 Å². The Hall–Kier alpha value is -2.83. The van der Waals surface area contributed by atoms with Gasteiger partial charge in [-0.25, -0.2) is 13.6 Å². The van der Waals surface area contributed by atoms with Crippen molar-refractivity contribution in [2.45, 2.75) is 0 Å².